The van der Waals surface area contributed by atoms with E-state index in [1.54, 1.807) is 18.3 Å². The van der Waals surface area contributed by atoms with Crippen molar-refractivity contribution < 1.29 is 9.53 Å². The molecule has 1 heterocycles. The normalized spacial score (nSPS) is 11.9. The lowest BCUT2D eigenvalue weighted by Gasteiger charge is -2.18. The minimum Gasteiger partial charge on any atom is -0.481 e. The van der Waals surface area contributed by atoms with Crippen molar-refractivity contribution in [3.63, 3.8) is 0 Å². The molecule has 4 aromatic rings. The number of hydrogen-bond donors (Lipinski definition) is 1. The van der Waals surface area contributed by atoms with E-state index in [-0.39, 0.29) is 5.91 Å². The maximum Gasteiger partial charge on any atom is 0.265 e. The zero-order valence-electron chi connectivity index (χ0n) is 18.7. The van der Waals surface area contributed by atoms with E-state index in [9.17, 15) is 4.79 Å². The van der Waals surface area contributed by atoms with Gasteiger partial charge in [0.25, 0.3) is 5.91 Å². The molecule has 1 amide bonds. The Bertz CT molecular complexity index is 1230. The molecule has 0 saturated heterocycles. The number of thiazole rings is 1. The second kappa shape index (κ2) is 10.2. The molecule has 1 aromatic heterocycles. The molecule has 33 heavy (non-hydrogen) atoms. The monoisotopic (exact) mass is 476 g/mol. The van der Waals surface area contributed by atoms with E-state index in [0.717, 1.165) is 33.1 Å². The Balaban J connectivity index is 1.40. The van der Waals surface area contributed by atoms with Crippen molar-refractivity contribution in [2.75, 3.05) is 5.32 Å². The first-order chi connectivity index (χ1) is 15.9. The summed E-state index contributed by atoms with van der Waals surface area (Å²) in [5.74, 6) is 0.862. The summed E-state index contributed by atoms with van der Waals surface area (Å²) < 4.78 is 5.96. The Morgan fingerprint density at radius 3 is 2.30 bits per heavy atom. The van der Waals surface area contributed by atoms with Crippen LogP contribution in [0.2, 0.25) is 5.02 Å². The first-order valence-corrected chi connectivity index (χ1v) is 12.0. The van der Waals surface area contributed by atoms with Gasteiger partial charge in [-0.05, 0) is 48.7 Å². The molecule has 0 bridgehead atoms. The van der Waals surface area contributed by atoms with E-state index in [1.807, 2.05) is 78.2 Å². The number of anilines is 1. The minimum absolute atomic E-state index is 0.194. The Hall–Kier alpha value is -3.15. The van der Waals surface area contributed by atoms with Gasteiger partial charge >= 0.3 is 0 Å². The van der Waals surface area contributed by atoms with Gasteiger partial charge in [0, 0.05) is 27.2 Å². The van der Waals surface area contributed by atoms with Gasteiger partial charge in [-0.2, -0.15) is 0 Å². The first kappa shape index (κ1) is 23.0. The van der Waals surface area contributed by atoms with E-state index in [0.29, 0.717) is 16.6 Å². The number of halogens is 1. The molecule has 1 unspecified atom stereocenters. The molecule has 0 aliphatic carbocycles. The average Bonchev–Trinajstić information content (AvgIpc) is 3.30. The number of rotatable bonds is 7. The van der Waals surface area contributed by atoms with Gasteiger partial charge in [-0.3, -0.25) is 4.79 Å². The van der Waals surface area contributed by atoms with E-state index in [2.05, 4.69) is 19.2 Å². The standard InChI is InChI=1S/C27H25ClN2O2S/c1-17(2)23-6-4-5-7-25(23)32-18(3)26(31)29-22-14-10-19(11-15-22)24-16-33-27(30-24)20-8-12-21(28)13-9-20/h4-18H,1-3H3,(H,29,31). The number of ether oxygens (including phenoxy) is 1. The van der Waals surface area contributed by atoms with Crippen LogP contribution in [0.1, 0.15) is 32.3 Å². The van der Waals surface area contributed by atoms with E-state index in [1.165, 1.54) is 0 Å². The molecule has 1 atom stereocenters. The van der Waals surface area contributed by atoms with Crippen LogP contribution in [-0.4, -0.2) is 17.0 Å². The van der Waals surface area contributed by atoms with Crippen LogP contribution >= 0.6 is 22.9 Å². The predicted octanol–water partition coefficient (Wildman–Crippen LogP) is 7.66. The fourth-order valence-corrected chi connectivity index (χ4v) is 4.37. The highest BCUT2D eigenvalue weighted by atomic mass is 35.5. The van der Waals surface area contributed by atoms with Gasteiger partial charge in [0.05, 0.1) is 5.69 Å². The fourth-order valence-electron chi connectivity index (χ4n) is 3.41. The number of aromatic nitrogens is 1. The van der Waals surface area contributed by atoms with Gasteiger partial charge in [-0.15, -0.1) is 11.3 Å². The Kier molecular flexibility index (Phi) is 7.11. The van der Waals surface area contributed by atoms with Crippen LogP contribution in [0.3, 0.4) is 0 Å². The lowest BCUT2D eigenvalue weighted by Crippen LogP contribution is -2.30. The third-order valence-corrected chi connectivity index (χ3v) is 6.40. The third-order valence-electron chi connectivity index (χ3n) is 5.26. The summed E-state index contributed by atoms with van der Waals surface area (Å²) in [5.41, 5.74) is 4.71. The summed E-state index contributed by atoms with van der Waals surface area (Å²) in [5, 5.41) is 6.60. The smallest absolute Gasteiger partial charge is 0.265 e. The van der Waals surface area contributed by atoms with Crippen molar-refractivity contribution in [2.45, 2.75) is 32.8 Å². The Morgan fingerprint density at radius 1 is 0.939 bits per heavy atom. The molecule has 0 radical (unpaired) electrons. The first-order valence-electron chi connectivity index (χ1n) is 10.8. The van der Waals surface area contributed by atoms with Crippen molar-refractivity contribution in [3.05, 3.63) is 88.8 Å². The second-order valence-corrected chi connectivity index (χ2v) is 9.36. The highest BCUT2D eigenvalue weighted by Gasteiger charge is 2.17. The van der Waals surface area contributed by atoms with E-state index < -0.39 is 6.10 Å². The van der Waals surface area contributed by atoms with Gasteiger partial charge in [-0.25, -0.2) is 4.98 Å². The van der Waals surface area contributed by atoms with Crippen molar-refractivity contribution in [1.29, 1.82) is 0 Å². The Morgan fingerprint density at radius 2 is 1.61 bits per heavy atom. The number of carbonyl (C=O) groups excluding carboxylic acids is 1. The summed E-state index contributed by atoms with van der Waals surface area (Å²) >= 11 is 7.56. The summed E-state index contributed by atoms with van der Waals surface area (Å²) in [6.07, 6.45) is -0.620. The van der Waals surface area contributed by atoms with Crippen LogP contribution in [0.5, 0.6) is 5.75 Å². The van der Waals surface area contributed by atoms with E-state index in [4.69, 9.17) is 21.3 Å². The summed E-state index contributed by atoms with van der Waals surface area (Å²) in [6.45, 7) is 5.97. The van der Waals surface area contributed by atoms with Crippen LogP contribution in [0.4, 0.5) is 5.69 Å². The molecule has 0 saturated carbocycles. The molecular formula is C27H25ClN2O2S. The zero-order valence-corrected chi connectivity index (χ0v) is 20.3. The lowest BCUT2D eigenvalue weighted by molar-refractivity contribution is -0.122. The van der Waals surface area contributed by atoms with Crippen molar-refractivity contribution in [2.24, 2.45) is 0 Å². The molecule has 0 aliphatic heterocycles. The molecule has 4 nitrogen and oxygen atoms in total. The number of nitrogens with one attached hydrogen (secondary N) is 1. The molecule has 1 N–H and O–H groups in total. The van der Waals surface area contributed by atoms with Crippen LogP contribution in [0.25, 0.3) is 21.8 Å². The van der Waals surface area contributed by atoms with Crippen LogP contribution in [-0.2, 0) is 4.79 Å². The van der Waals surface area contributed by atoms with Crippen molar-refractivity contribution >= 4 is 34.5 Å². The largest absolute Gasteiger partial charge is 0.481 e. The maximum atomic E-state index is 12.7. The van der Waals surface area contributed by atoms with Gasteiger partial charge in [-0.1, -0.05) is 67.9 Å². The minimum atomic E-state index is -0.620. The van der Waals surface area contributed by atoms with Crippen LogP contribution < -0.4 is 10.1 Å². The molecular weight excluding hydrogens is 452 g/mol. The topological polar surface area (TPSA) is 51.2 Å². The molecule has 6 heteroatoms. The number of nitrogens with zero attached hydrogens (tertiary/aromatic N) is 1. The summed E-state index contributed by atoms with van der Waals surface area (Å²) in [6, 6.07) is 23.2. The number of para-hydroxylation sites is 1. The average molecular weight is 477 g/mol. The molecule has 0 fully saturated rings. The van der Waals surface area contributed by atoms with Gasteiger partial charge < -0.3 is 10.1 Å². The Labute approximate surface area is 203 Å². The molecule has 3 aromatic carbocycles. The van der Waals surface area contributed by atoms with Crippen LogP contribution in [0, 0.1) is 0 Å². The quantitative estimate of drug-likeness (QED) is 0.298. The SMILES string of the molecule is CC(Oc1ccccc1C(C)C)C(=O)Nc1ccc(-c2csc(-c3ccc(Cl)cc3)n2)cc1. The highest BCUT2D eigenvalue weighted by molar-refractivity contribution is 7.13. The van der Waals surface area contributed by atoms with Gasteiger partial charge in [0.2, 0.25) is 0 Å². The van der Waals surface area contributed by atoms with Crippen molar-refractivity contribution in [1.82, 2.24) is 4.98 Å². The second-order valence-electron chi connectivity index (χ2n) is 8.06. The molecule has 0 spiro atoms. The number of benzene rings is 3. The summed E-state index contributed by atoms with van der Waals surface area (Å²) in [4.78, 5) is 17.4. The molecule has 168 valence electrons. The number of amides is 1. The number of carbonyl (C=O) groups is 1. The molecule has 4 rings (SSSR count). The van der Waals surface area contributed by atoms with Crippen LogP contribution in [0.15, 0.2) is 78.2 Å². The predicted molar refractivity (Wildman–Crippen MR) is 137 cm³/mol. The summed E-state index contributed by atoms with van der Waals surface area (Å²) in [7, 11) is 0. The highest BCUT2D eigenvalue weighted by Crippen LogP contribution is 2.30. The zero-order chi connectivity index (χ0) is 23.4. The van der Waals surface area contributed by atoms with Gasteiger partial charge in [0.1, 0.15) is 10.8 Å². The molecule has 0 aliphatic rings. The third kappa shape index (κ3) is 5.62. The van der Waals surface area contributed by atoms with Gasteiger partial charge in [0.15, 0.2) is 6.10 Å². The lowest BCUT2D eigenvalue weighted by atomic mass is 10.0. The number of hydrogen-bond acceptors (Lipinski definition) is 4. The fraction of sp³-hybridized carbons (Fsp3) is 0.185. The van der Waals surface area contributed by atoms with Crippen molar-refractivity contribution in [3.8, 4) is 27.6 Å². The van der Waals surface area contributed by atoms with E-state index >= 15 is 0 Å². The maximum absolute atomic E-state index is 12.7.